The molecule has 0 heterocycles. The van der Waals surface area contributed by atoms with E-state index in [-0.39, 0.29) is 29.0 Å². The second-order valence-electron chi connectivity index (χ2n) is 8.58. The zero-order valence-electron chi connectivity index (χ0n) is 15.2. The molecule has 24 heavy (non-hydrogen) atoms. The summed E-state index contributed by atoms with van der Waals surface area (Å²) in [5, 5.41) is 10.7. The zero-order chi connectivity index (χ0) is 18.0. The molecule has 0 radical (unpaired) electrons. The third kappa shape index (κ3) is 2.01. The van der Waals surface area contributed by atoms with Crippen molar-refractivity contribution < 1.29 is 19.5 Å². The van der Waals surface area contributed by atoms with Crippen molar-refractivity contribution in [3.8, 4) is 0 Å². The SMILES string of the molecule is CC(C)C1=C(O)C2=C(C(=O)C1=O)[C@@]1(C)CCC(=O)C(C)(C)C1CC2. The van der Waals surface area contributed by atoms with Gasteiger partial charge >= 0.3 is 0 Å². The molecule has 0 spiro atoms. The Kier molecular flexibility index (Phi) is 3.67. The number of ketones is 3. The predicted molar refractivity (Wildman–Crippen MR) is 90.4 cm³/mol. The number of carbonyl (C=O) groups is 3. The van der Waals surface area contributed by atoms with Gasteiger partial charge in [0.25, 0.3) is 0 Å². The van der Waals surface area contributed by atoms with Crippen molar-refractivity contribution in [1.82, 2.24) is 0 Å². The van der Waals surface area contributed by atoms with Crippen LogP contribution in [0.2, 0.25) is 0 Å². The monoisotopic (exact) mass is 330 g/mol. The number of aliphatic hydroxyl groups is 1. The van der Waals surface area contributed by atoms with E-state index in [1.54, 1.807) is 0 Å². The van der Waals surface area contributed by atoms with Gasteiger partial charge in [-0.1, -0.05) is 34.6 Å². The molecule has 3 aliphatic rings. The minimum absolute atomic E-state index is 0.0129. The lowest BCUT2D eigenvalue weighted by Gasteiger charge is -2.54. The number of Topliss-reactive ketones (excluding diaryl/α,β-unsaturated/α-hetero) is 3. The smallest absolute Gasteiger partial charge is 0.233 e. The molecular weight excluding hydrogens is 304 g/mol. The quantitative estimate of drug-likeness (QED) is 0.588. The van der Waals surface area contributed by atoms with Crippen molar-refractivity contribution in [1.29, 1.82) is 0 Å². The Morgan fingerprint density at radius 3 is 2.25 bits per heavy atom. The second-order valence-corrected chi connectivity index (χ2v) is 8.58. The fraction of sp³-hybridized carbons (Fsp3) is 0.650. The molecule has 0 aromatic carbocycles. The van der Waals surface area contributed by atoms with E-state index in [0.717, 1.165) is 6.42 Å². The third-order valence-electron chi connectivity index (χ3n) is 6.58. The van der Waals surface area contributed by atoms with Crippen molar-refractivity contribution in [3.05, 3.63) is 22.5 Å². The summed E-state index contributed by atoms with van der Waals surface area (Å²) in [4.78, 5) is 37.9. The average Bonchev–Trinajstić information content (AvgIpc) is 2.48. The molecule has 1 unspecified atom stereocenters. The Morgan fingerprint density at radius 2 is 1.67 bits per heavy atom. The molecule has 1 N–H and O–H groups in total. The van der Waals surface area contributed by atoms with Crippen LogP contribution in [0.15, 0.2) is 22.5 Å². The van der Waals surface area contributed by atoms with Crippen molar-refractivity contribution >= 4 is 17.3 Å². The first-order valence-corrected chi connectivity index (χ1v) is 8.83. The average molecular weight is 330 g/mol. The molecular formula is C20H26O4. The molecule has 0 bridgehead atoms. The number of carbonyl (C=O) groups excluding carboxylic acids is 3. The van der Waals surface area contributed by atoms with E-state index in [0.29, 0.717) is 30.4 Å². The Balaban J connectivity index is 2.22. The highest BCUT2D eigenvalue weighted by molar-refractivity contribution is 6.50. The van der Waals surface area contributed by atoms with Gasteiger partial charge in [0.15, 0.2) is 0 Å². The maximum atomic E-state index is 12.9. The van der Waals surface area contributed by atoms with Gasteiger partial charge in [0.2, 0.25) is 11.6 Å². The van der Waals surface area contributed by atoms with Crippen LogP contribution >= 0.6 is 0 Å². The first-order chi connectivity index (χ1) is 11.0. The van der Waals surface area contributed by atoms with E-state index < -0.39 is 22.4 Å². The molecule has 0 aromatic rings. The zero-order valence-corrected chi connectivity index (χ0v) is 15.2. The largest absolute Gasteiger partial charge is 0.507 e. The van der Waals surface area contributed by atoms with Crippen LogP contribution < -0.4 is 0 Å². The second kappa shape index (κ2) is 5.14. The van der Waals surface area contributed by atoms with E-state index in [4.69, 9.17) is 0 Å². The molecule has 1 fully saturated rings. The van der Waals surface area contributed by atoms with E-state index in [9.17, 15) is 19.5 Å². The summed E-state index contributed by atoms with van der Waals surface area (Å²) < 4.78 is 0. The van der Waals surface area contributed by atoms with Gasteiger partial charge in [-0.25, -0.2) is 0 Å². The highest BCUT2D eigenvalue weighted by Crippen LogP contribution is 2.60. The maximum absolute atomic E-state index is 12.9. The Labute approximate surface area is 143 Å². The van der Waals surface area contributed by atoms with Crippen LogP contribution in [0.25, 0.3) is 0 Å². The van der Waals surface area contributed by atoms with Gasteiger partial charge in [-0.2, -0.15) is 0 Å². The van der Waals surface area contributed by atoms with Gasteiger partial charge in [-0.15, -0.1) is 0 Å². The molecule has 4 nitrogen and oxygen atoms in total. The number of fused-ring (bicyclic) bond motifs is 2. The molecule has 0 amide bonds. The molecule has 3 rings (SSSR count). The van der Waals surface area contributed by atoms with Crippen molar-refractivity contribution in [3.63, 3.8) is 0 Å². The van der Waals surface area contributed by atoms with Crippen LogP contribution in [0.1, 0.15) is 60.3 Å². The molecule has 0 saturated heterocycles. The maximum Gasteiger partial charge on any atom is 0.233 e. The third-order valence-corrected chi connectivity index (χ3v) is 6.58. The van der Waals surface area contributed by atoms with Gasteiger partial charge in [-0.05, 0) is 31.1 Å². The van der Waals surface area contributed by atoms with Gasteiger partial charge in [-0.3, -0.25) is 14.4 Å². The van der Waals surface area contributed by atoms with Crippen molar-refractivity contribution in [2.45, 2.75) is 60.3 Å². The summed E-state index contributed by atoms with van der Waals surface area (Å²) in [7, 11) is 0. The fourth-order valence-electron chi connectivity index (χ4n) is 5.27. The molecule has 0 aromatic heterocycles. The lowest BCUT2D eigenvalue weighted by Crippen LogP contribution is -2.53. The lowest BCUT2D eigenvalue weighted by atomic mass is 9.48. The Bertz CT molecular complexity index is 720. The van der Waals surface area contributed by atoms with Gasteiger partial charge in [0.05, 0.1) is 0 Å². The normalized spacial score (nSPS) is 33.1. The van der Waals surface area contributed by atoms with Crippen LogP contribution in [-0.4, -0.2) is 22.5 Å². The number of aliphatic hydroxyl groups excluding tert-OH is 1. The van der Waals surface area contributed by atoms with Crippen molar-refractivity contribution in [2.24, 2.45) is 22.7 Å². The minimum atomic E-state index is -0.571. The number of hydrogen-bond acceptors (Lipinski definition) is 4. The fourth-order valence-corrected chi connectivity index (χ4v) is 5.27. The molecule has 2 atom stereocenters. The highest BCUT2D eigenvalue weighted by atomic mass is 16.3. The van der Waals surface area contributed by atoms with E-state index in [1.165, 1.54) is 0 Å². The Morgan fingerprint density at radius 1 is 1.04 bits per heavy atom. The van der Waals surface area contributed by atoms with E-state index in [2.05, 4.69) is 0 Å². The summed E-state index contributed by atoms with van der Waals surface area (Å²) in [6, 6.07) is 0. The topological polar surface area (TPSA) is 71.4 Å². The lowest BCUT2D eigenvalue weighted by molar-refractivity contribution is -0.141. The van der Waals surface area contributed by atoms with Crippen LogP contribution in [0.4, 0.5) is 0 Å². The summed E-state index contributed by atoms with van der Waals surface area (Å²) in [5.41, 5.74) is 0.339. The van der Waals surface area contributed by atoms with Crippen molar-refractivity contribution in [2.75, 3.05) is 0 Å². The number of hydrogen-bond donors (Lipinski definition) is 1. The molecule has 1 saturated carbocycles. The highest BCUT2D eigenvalue weighted by Gasteiger charge is 2.57. The van der Waals surface area contributed by atoms with Crippen LogP contribution in [0.5, 0.6) is 0 Å². The van der Waals surface area contributed by atoms with Crippen LogP contribution in [0.3, 0.4) is 0 Å². The first kappa shape index (κ1) is 17.1. The first-order valence-electron chi connectivity index (χ1n) is 8.83. The van der Waals surface area contributed by atoms with Crippen LogP contribution in [-0.2, 0) is 14.4 Å². The van der Waals surface area contributed by atoms with Crippen LogP contribution in [0, 0.1) is 22.7 Å². The number of allylic oxidation sites excluding steroid dienone is 3. The molecule has 3 aliphatic carbocycles. The number of rotatable bonds is 1. The standard InChI is InChI=1S/C20H26O4/c1-10(2)14-16(22)11-6-7-12-19(3,4)13(21)8-9-20(12,5)15(11)18(24)17(14)23/h10,12,22H,6-9H2,1-5H3/t12?,20-/m0/s1. The van der Waals surface area contributed by atoms with Gasteiger partial charge in [0.1, 0.15) is 11.5 Å². The van der Waals surface area contributed by atoms with Gasteiger partial charge < -0.3 is 5.11 Å². The summed E-state index contributed by atoms with van der Waals surface area (Å²) in [5.74, 6) is -0.965. The van der Waals surface area contributed by atoms with Gasteiger partial charge in [0, 0.05) is 34.0 Å². The summed E-state index contributed by atoms with van der Waals surface area (Å²) in [6.45, 7) is 9.54. The summed E-state index contributed by atoms with van der Waals surface area (Å²) in [6.07, 6.45) is 2.29. The minimum Gasteiger partial charge on any atom is -0.507 e. The van der Waals surface area contributed by atoms with E-state index >= 15 is 0 Å². The summed E-state index contributed by atoms with van der Waals surface area (Å²) >= 11 is 0. The Hall–Kier alpha value is -1.71. The molecule has 0 aliphatic heterocycles. The molecule has 130 valence electrons. The van der Waals surface area contributed by atoms with E-state index in [1.807, 2.05) is 34.6 Å². The predicted octanol–water partition coefficient (Wildman–Crippen LogP) is 3.71. The molecule has 4 heteroatoms.